The number of sulfonamides is 1. The van der Waals surface area contributed by atoms with Gasteiger partial charge in [0.05, 0.1) is 18.4 Å². The average molecular weight is 272 g/mol. The van der Waals surface area contributed by atoms with Crippen LogP contribution in [0.15, 0.2) is 29.2 Å². The van der Waals surface area contributed by atoms with E-state index >= 15 is 0 Å². The predicted molar refractivity (Wildman–Crippen MR) is 66.4 cm³/mol. The van der Waals surface area contributed by atoms with Crippen molar-refractivity contribution in [2.45, 2.75) is 11.3 Å². The molecule has 0 aliphatic heterocycles. The second-order valence-corrected chi connectivity index (χ2v) is 5.35. The Hall–Kier alpha value is -1.44. The summed E-state index contributed by atoms with van der Waals surface area (Å²) in [6.45, 7) is 0.423. The molecule has 0 aliphatic carbocycles. The number of ether oxygens (including phenoxy) is 1. The molecule has 0 atom stereocenters. The third-order valence-corrected chi connectivity index (χ3v) is 3.72. The predicted octanol–water partition coefficient (Wildman–Crippen LogP) is -0.361. The summed E-state index contributed by atoms with van der Waals surface area (Å²) in [6, 6.07) is 6.04. The molecule has 0 radical (unpaired) electrons. The molecule has 18 heavy (non-hydrogen) atoms. The van der Waals surface area contributed by atoms with Crippen molar-refractivity contribution in [1.29, 1.82) is 0 Å². The zero-order valence-electron chi connectivity index (χ0n) is 10.0. The van der Waals surface area contributed by atoms with Crippen molar-refractivity contribution < 1.29 is 17.9 Å². The van der Waals surface area contributed by atoms with Crippen LogP contribution < -0.4 is 10.5 Å². The molecule has 0 saturated carbocycles. The van der Waals surface area contributed by atoms with Gasteiger partial charge in [-0.1, -0.05) is 12.1 Å². The Morgan fingerprint density at radius 1 is 1.33 bits per heavy atom. The molecule has 100 valence electrons. The van der Waals surface area contributed by atoms with Crippen molar-refractivity contribution in [1.82, 2.24) is 4.72 Å². The molecule has 1 aromatic rings. The summed E-state index contributed by atoms with van der Waals surface area (Å²) in [7, 11) is -2.22. The van der Waals surface area contributed by atoms with Gasteiger partial charge in [-0.25, -0.2) is 13.1 Å². The molecule has 3 N–H and O–H groups in total. The fourth-order valence-corrected chi connectivity index (χ4v) is 2.35. The lowest BCUT2D eigenvalue weighted by Crippen LogP contribution is -2.29. The normalized spacial score (nSPS) is 11.2. The van der Waals surface area contributed by atoms with Gasteiger partial charge in [-0.05, 0) is 17.7 Å². The molecule has 6 nitrogen and oxygen atoms in total. The molecule has 1 aromatic carbocycles. The molecule has 0 spiro atoms. The quantitative estimate of drug-likeness (QED) is 0.689. The first kappa shape index (κ1) is 14.6. The molecule has 0 fully saturated rings. The Morgan fingerprint density at radius 2 is 1.94 bits per heavy atom. The smallest absolute Gasteiger partial charge is 0.309 e. The molecule has 0 amide bonds. The lowest BCUT2D eigenvalue weighted by atomic mass is 10.2. The molecule has 1 rings (SSSR count). The Balaban J connectivity index is 2.79. The first-order valence-corrected chi connectivity index (χ1v) is 6.83. The molecule has 0 bridgehead atoms. The van der Waals surface area contributed by atoms with Crippen LogP contribution in [0.3, 0.4) is 0 Å². The van der Waals surface area contributed by atoms with E-state index in [2.05, 4.69) is 9.46 Å². The molecular weight excluding hydrogens is 256 g/mol. The molecular formula is C11H16N2O4S. The van der Waals surface area contributed by atoms with Gasteiger partial charge in [0.2, 0.25) is 10.0 Å². The second-order valence-electron chi connectivity index (χ2n) is 3.58. The highest BCUT2D eigenvalue weighted by Gasteiger charge is 2.13. The van der Waals surface area contributed by atoms with Gasteiger partial charge in [-0.3, -0.25) is 4.79 Å². The number of esters is 1. The fraction of sp³-hybridized carbons (Fsp3) is 0.364. The first-order chi connectivity index (χ1) is 8.49. The Labute approximate surface area is 106 Å². The van der Waals surface area contributed by atoms with Crippen LogP contribution in [0.4, 0.5) is 0 Å². The van der Waals surface area contributed by atoms with Gasteiger partial charge < -0.3 is 10.5 Å². The summed E-state index contributed by atoms with van der Waals surface area (Å²) < 4.78 is 30.3. The minimum atomic E-state index is -3.52. The average Bonchev–Trinajstić information content (AvgIpc) is 2.37. The molecule has 0 aliphatic rings. The number of hydrogen-bond donors (Lipinski definition) is 2. The van der Waals surface area contributed by atoms with Crippen molar-refractivity contribution in [3.05, 3.63) is 29.8 Å². The van der Waals surface area contributed by atoms with E-state index in [1.807, 2.05) is 0 Å². The lowest BCUT2D eigenvalue weighted by Gasteiger charge is -2.06. The van der Waals surface area contributed by atoms with E-state index in [9.17, 15) is 13.2 Å². The van der Waals surface area contributed by atoms with E-state index in [-0.39, 0.29) is 30.4 Å². The summed E-state index contributed by atoms with van der Waals surface area (Å²) in [6.07, 6.45) is 0.118. The number of hydrogen-bond acceptors (Lipinski definition) is 5. The van der Waals surface area contributed by atoms with E-state index in [0.717, 1.165) is 0 Å². The highest BCUT2D eigenvalue weighted by molar-refractivity contribution is 7.89. The summed E-state index contributed by atoms with van der Waals surface area (Å²) in [5.41, 5.74) is 5.92. The second kappa shape index (κ2) is 6.48. The highest BCUT2D eigenvalue weighted by atomic mass is 32.2. The summed E-state index contributed by atoms with van der Waals surface area (Å²) in [5, 5.41) is 0. The zero-order valence-corrected chi connectivity index (χ0v) is 10.9. The summed E-state index contributed by atoms with van der Waals surface area (Å²) >= 11 is 0. The number of nitrogens with one attached hydrogen (secondary N) is 1. The van der Waals surface area contributed by atoms with E-state index < -0.39 is 10.0 Å². The van der Waals surface area contributed by atoms with E-state index in [0.29, 0.717) is 5.56 Å². The van der Waals surface area contributed by atoms with Crippen molar-refractivity contribution in [2.75, 3.05) is 20.2 Å². The maximum atomic E-state index is 11.7. The maximum Gasteiger partial charge on any atom is 0.309 e. The molecule has 0 unspecified atom stereocenters. The maximum absolute atomic E-state index is 11.7. The minimum Gasteiger partial charge on any atom is -0.469 e. The number of methoxy groups -OCH3 is 1. The van der Waals surface area contributed by atoms with Gasteiger partial charge in [0.1, 0.15) is 0 Å². The van der Waals surface area contributed by atoms with Crippen LogP contribution in [0.2, 0.25) is 0 Å². The summed E-state index contributed by atoms with van der Waals surface area (Å²) in [5.74, 6) is -0.369. The number of carbonyl (C=O) groups excluding carboxylic acids is 1. The van der Waals surface area contributed by atoms with E-state index in [1.165, 1.54) is 19.2 Å². The SMILES string of the molecule is COC(=O)Cc1ccc(S(=O)(=O)NCCN)cc1. The van der Waals surface area contributed by atoms with Crippen molar-refractivity contribution in [2.24, 2.45) is 5.73 Å². The molecule has 0 aromatic heterocycles. The van der Waals surface area contributed by atoms with Gasteiger partial charge in [0, 0.05) is 13.1 Å². The Bertz CT molecular complexity index is 496. The molecule has 7 heteroatoms. The van der Waals surface area contributed by atoms with Crippen LogP contribution in [-0.4, -0.2) is 34.6 Å². The largest absolute Gasteiger partial charge is 0.469 e. The van der Waals surface area contributed by atoms with Crippen molar-refractivity contribution in [3.8, 4) is 0 Å². The standard InChI is InChI=1S/C11H16N2O4S/c1-17-11(14)8-9-2-4-10(5-3-9)18(15,16)13-7-6-12/h2-5,13H,6-8,12H2,1H3. The Kier molecular flexibility index (Phi) is 5.26. The monoisotopic (exact) mass is 272 g/mol. The number of nitrogens with two attached hydrogens (primary N) is 1. The van der Waals surface area contributed by atoms with Gasteiger partial charge in [0.25, 0.3) is 0 Å². The van der Waals surface area contributed by atoms with Crippen LogP contribution in [0, 0.1) is 0 Å². The molecule has 0 saturated heterocycles. The van der Waals surface area contributed by atoms with Gasteiger partial charge in [-0.15, -0.1) is 0 Å². The van der Waals surface area contributed by atoms with Crippen LogP contribution in [0.25, 0.3) is 0 Å². The van der Waals surface area contributed by atoms with Crippen molar-refractivity contribution >= 4 is 16.0 Å². The van der Waals surface area contributed by atoms with E-state index in [1.54, 1.807) is 12.1 Å². The highest BCUT2D eigenvalue weighted by Crippen LogP contribution is 2.11. The third kappa shape index (κ3) is 4.10. The van der Waals surface area contributed by atoms with Crippen LogP contribution >= 0.6 is 0 Å². The number of benzene rings is 1. The third-order valence-electron chi connectivity index (χ3n) is 2.25. The first-order valence-electron chi connectivity index (χ1n) is 5.35. The van der Waals surface area contributed by atoms with Crippen LogP contribution in [0.5, 0.6) is 0 Å². The van der Waals surface area contributed by atoms with Gasteiger partial charge in [0.15, 0.2) is 0 Å². The number of rotatable bonds is 6. The van der Waals surface area contributed by atoms with Crippen LogP contribution in [0.1, 0.15) is 5.56 Å². The summed E-state index contributed by atoms with van der Waals surface area (Å²) in [4.78, 5) is 11.2. The van der Waals surface area contributed by atoms with Crippen molar-refractivity contribution in [3.63, 3.8) is 0 Å². The minimum absolute atomic E-state index is 0.118. The van der Waals surface area contributed by atoms with E-state index in [4.69, 9.17) is 5.73 Å². The fourth-order valence-electron chi connectivity index (χ4n) is 1.30. The van der Waals surface area contributed by atoms with Gasteiger partial charge in [-0.2, -0.15) is 0 Å². The lowest BCUT2D eigenvalue weighted by molar-refractivity contribution is -0.139. The Morgan fingerprint density at radius 3 is 2.44 bits per heavy atom. The van der Waals surface area contributed by atoms with Crippen LogP contribution in [-0.2, 0) is 26.0 Å². The topological polar surface area (TPSA) is 98.5 Å². The zero-order chi connectivity index (χ0) is 13.6. The molecule has 0 heterocycles. The number of carbonyl (C=O) groups is 1. The van der Waals surface area contributed by atoms with Gasteiger partial charge >= 0.3 is 5.97 Å².